The van der Waals surface area contributed by atoms with Gasteiger partial charge in [0.05, 0.1) is 5.69 Å². The molecule has 0 bridgehead atoms. The number of nitrogens with zero attached hydrogens (tertiary/aromatic N) is 2. The van der Waals surface area contributed by atoms with E-state index in [2.05, 4.69) is 114 Å². The third-order valence-corrected chi connectivity index (χ3v) is 8.48. The Balaban J connectivity index is 1.28. The molecule has 0 fully saturated rings. The number of hydrogen-bond acceptors (Lipinski definition) is 4. The number of furan rings is 1. The van der Waals surface area contributed by atoms with Gasteiger partial charge in [-0.2, -0.15) is 0 Å². The summed E-state index contributed by atoms with van der Waals surface area (Å²) in [6, 6.07) is 54.5. The topological polar surface area (TPSA) is 42.4 Å². The van der Waals surface area contributed by atoms with E-state index in [1.165, 1.54) is 0 Å². The van der Waals surface area contributed by atoms with Crippen LogP contribution >= 0.6 is 0 Å². The fourth-order valence-corrected chi connectivity index (χ4v) is 6.35. The first-order valence-electron chi connectivity index (χ1n) is 15.0. The Morgan fingerprint density at radius 2 is 1.13 bits per heavy atom. The lowest BCUT2D eigenvalue weighted by Gasteiger charge is -2.28. The van der Waals surface area contributed by atoms with E-state index in [9.17, 15) is 0 Å². The van der Waals surface area contributed by atoms with Crippen LogP contribution in [0.15, 0.2) is 167 Å². The summed E-state index contributed by atoms with van der Waals surface area (Å²) in [4.78, 5) is 7.15. The van der Waals surface area contributed by atoms with Crippen LogP contribution in [0.1, 0.15) is 0 Å². The van der Waals surface area contributed by atoms with Gasteiger partial charge < -0.3 is 13.7 Å². The predicted octanol–water partition coefficient (Wildman–Crippen LogP) is 11.7. The zero-order valence-electron chi connectivity index (χ0n) is 24.2. The summed E-state index contributed by atoms with van der Waals surface area (Å²) in [6.07, 6.45) is 0. The highest BCUT2D eigenvalue weighted by molar-refractivity contribution is 6.08. The van der Waals surface area contributed by atoms with Gasteiger partial charge in [-0.1, -0.05) is 97.1 Å². The standard InChI is InChI=1S/C41H26N2O2/c1-3-11-27(12-4-1)32-15-7-9-17-37(32)43(31-22-23-34-33-16-8-10-18-38(33)44-39(34)26-31)30-21-19-28-20-24-36-40(35(28)25-30)45-41(42-36)29-13-5-2-6-14-29/h1-26H. The smallest absolute Gasteiger partial charge is 0.227 e. The highest BCUT2D eigenvalue weighted by atomic mass is 16.3. The minimum absolute atomic E-state index is 0.616. The molecular formula is C41H26N2O2. The van der Waals surface area contributed by atoms with Gasteiger partial charge in [0.1, 0.15) is 16.7 Å². The summed E-state index contributed by atoms with van der Waals surface area (Å²) >= 11 is 0. The second kappa shape index (κ2) is 10.2. The highest BCUT2D eigenvalue weighted by Gasteiger charge is 2.20. The van der Waals surface area contributed by atoms with Crippen molar-refractivity contribution >= 4 is 60.9 Å². The van der Waals surface area contributed by atoms with E-state index in [4.69, 9.17) is 13.8 Å². The Hall–Kier alpha value is -6.13. The monoisotopic (exact) mass is 578 g/mol. The zero-order chi connectivity index (χ0) is 29.7. The van der Waals surface area contributed by atoms with Gasteiger partial charge in [0.2, 0.25) is 5.89 Å². The second-order valence-electron chi connectivity index (χ2n) is 11.2. The average Bonchev–Trinajstić information content (AvgIpc) is 3.71. The molecule has 9 aromatic rings. The third-order valence-electron chi connectivity index (χ3n) is 8.48. The fraction of sp³-hybridized carbons (Fsp3) is 0. The molecule has 0 aliphatic rings. The van der Waals surface area contributed by atoms with Crippen molar-refractivity contribution in [2.75, 3.05) is 4.90 Å². The summed E-state index contributed by atoms with van der Waals surface area (Å²) in [5, 5.41) is 4.31. The number of benzene rings is 7. The summed E-state index contributed by atoms with van der Waals surface area (Å²) in [7, 11) is 0. The van der Waals surface area contributed by atoms with Crippen LogP contribution in [0.4, 0.5) is 17.1 Å². The lowest BCUT2D eigenvalue weighted by molar-refractivity contribution is 0.623. The molecular weight excluding hydrogens is 552 g/mol. The molecule has 0 spiro atoms. The van der Waals surface area contributed by atoms with Gasteiger partial charge in [0, 0.05) is 44.7 Å². The Labute approximate surface area is 259 Å². The van der Waals surface area contributed by atoms with Crippen LogP contribution in [-0.4, -0.2) is 4.98 Å². The van der Waals surface area contributed by atoms with Crippen molar-refractivity contribution < 1.29 is 8.83 Å². The van der Waals surface area contributed by atoms with Crippen LogP contribution in [0.3, 0.4) is 0 Å². The summed E-state index contributed by atoms with van der Waals surface area (Å²) in [5.74, 6) is 0.616. The fourth-order valence-electron chi connectivity index (χ4n) is 6.35. The molecule has 0 saturated heterocycles. The first kappa shape index (κ1) is 25.4. The lowest BCUT2D eigenvalue weighted by Crippen LogP contribution is -2.11. The summed E-state index contributed by atoms with van der Waals surface area (Å²) < 4.78 is 12.8. The van der Waals surface area contributed by atoms with Gasteiger partial charge in [-0.3, -0.25) is 0 Å². The molecule has 0 N–H and O–H groups in total. The molecule has 0 aliphatic carbocycles. The first-order chi connectivity index (χ1) is 22.3. The largest absolute Gasteiger partial charge is 0.456 e. The number of para-hydroxylation sites is 2. The Kier molecular flexibility index (Phi) is 5.78. The van der Waals surface area contributed by atoms with Crippen LogP contribution in [0, 0.1) is 0 Å². The molecule has 4 nitrogen and oxygen atoms in total. The molecule has 2 aromatic heterocycles. The zero-order valence-corrected chi connectivity index (χ0v) is 24.2. The van der Waals surface area contributed by atoms with E-state index in [1.54, 1.807) is 0 Å². The molecule has 7 aromatic carbocycles. The SMILES string of the molecule is c1ccc(-c2nc3ccc4ccc(N(c5ccc6c(c5)oc5ccccc56)c5ccccc5-c5ccccc5)cc4c3o2)cc1. The Morgan fingerprint density at radius 3 is 2.00 bits per heavy atom. The minimum Gasteiger partial charge on any atom is -0.456 e. The van der Waals surface area contributed by atoms with E-state index < -0.39 is 0 Å². The van der Waals surface area contributed by atoms with E-state index >= 15 is 0 Å². The van der Waals surface area contributed by atoms with Crippen LogP contribution in [0.5, 0.6) is 0 Å². The second-order valence-corrected chi connectivity index (χ2v) is 11.2. The van der Waals surface area contributed by atoms with E-state index in [-0.39, 0.29) is 0 Å². The van der Waals surface area contributed by atoms with Gasteiger partial charge in [0.25, 0.3) is 0 Å². The normalized spacial score (nSPS) is 11.6. The van der Waals surface area contributed by atoms with Gasteiger partial charge in [-0.25, -0.2) is 4.98 Å². The Bertz CT molecular complexity index is 2490. The molecule has 9 rings (SSSR count). The molecule has 0 amide bonds. The van der Waals surface area contributed by atoms with E-state index in [0.717, 1.165) is 77.6 Å². The van der Waals surface area contributed by atoms with Crippen LogP contribution in [-0.2, 0) is 0 Å². The summed E-state index contributed by atoms with van der Waals surface area (Å²) in [5.41, 5.74) is 9.64. The van der Waals surface area contributed by atoms with E-state index in [0.29, 0.717) is 5.89 Å². The van der Waals surface area contributed by atoms with Gasteiger partial charge >= 0.3 is 0 Å². The Morgan fingerprint density at radius 1 is 0.467 bits per heavy atom. The van der Waals surface area contributed by atoms with E-state index in [1.807, 2.05) is 48.5 Å². The van der Waals surface area contributed by atoms with Crippen molar-refractivity contribution in [2.24, 2.45) is 0 Å². The minimum atomic E-state index is 0.616. The molecule has 4 heteroatoms. The maximum Gasteiger partial charge on any atom is 0.227 e. The lowest BCUT2D eigenvalue weighted by atomic mass is 10.0. The average molecular weight is 579 g/mol. The van der Waals surface area contributed by atoms with Gasteiger partial charge in [-0.05, 0) is 65.5 Å². The molecule has 0 atom stereocenters. The van der Waals surface area contributed by atoms with Crippen molar-refractivity contribution in [3.63, 3.8) is 0 Å². The first-order valence-corrected chi connectivity index (χ1v) is 15.0. The maximum atomic E-state index is 6.45. The molecule has 0 saturated carbocycles. The van der Waals surface area contributed by atoms with Gasteiger partial charge in [0.15, 0.2) is 5.58 Å². The molecule has 0 unspecified atom stereocenters. The van der Waals surface area contributed by atoms with Gasteiger partial charge in [-0.15, -0.1) is 0 Å². The molecule has 2 heterocycles. The van der Waals surface area contributed by atoms with Crippen molar-refractivity contribution in [1.29, 1.82) is 0 Å². The number of anilines is 3. The van der Waals surface area contributed by atoms with Crippen molar-refractivity contribution in [3.05, 3.63) is 158 Å². The predicted molar refractivity (Wildman–Crippen MR) is 184 cm³/mol. The molecule has 0 aliphatic heterocycles. The molecule has 0 radical (unpaired) electrons. The third kappa shape index (κ3) is 4.27. The molecule has 45 heavy (non-hydrogen) atoms. The van der Waals surface area contributed by atoms with Crippen molar-refractivity contribution in [1.82, 2.24) is 4.98 Å². The number of fused-ring (bicyclic) bond motifs is 6. The summed E-state index contributed by atoms with van der Waals surface area (Å²) in [6.45, 7) is 0. The van der Waals surface area contributed by atoms with Crippen LogP contribution in [0.2, 0.25) is 0 Å². The van der Waals surface area contributed by atoms with Crippen LogP contribution < -0.4 is 4.90 Å². The van der Waals surface area contributed by atoms with Crippen molar-refractivity contribution in [3.8, 4) is 22.6 Å². The molecule has 212 valence electrons. The number of rotatable bonds is 5. The van der Waals surface area contributed by atoms with Crippen molar-refractivity contribution in [2.45, 2.75) is 0 Å². The maximum absolute atomic E-state index is 6.45. The number of oxazole rings is 1. The number of hydrogen-bond donors (Lipinski definition) is 0. The quantitative estimate of drug-likeness (QED) is 0.204. The highest BCUT2D eigenvalue weighted by Crippen LogP contribution is 2.44. The van der Waals surface area contributed by atoms with Crippen LogP contribution in [0.25, 0.3) is 66.4 Å². The number of aromatic nitrogens is 1.